The van der Waals surface area contributed by atoms with Crippen LogP contribution in [0.25, 0.3) is 6.08 Å². The van der Waals surface area contributed by atoms with Crippen LogP contribution in [0, 0.1) is 0 Å². The summed E-state index contributed by atoms with van der Waals surface area (Å²) in [7, 11) is 0.882. The Morgan fingerprint density at radius 2 is 1.82 bits per heavy atom. The van der Waals surface area contributed by atoms with Gasteiger partial charge < -0.3 is 24.5 Å². The predicted octanol–water partition coefficient (Wildman–Crippen LogP) is 2.47. The van der Waals surface area contributed by atoms with Gasteiger partial charge in [-0.25, -0.2) is 0 Å². The summed E-state index contributed by atoms with van der Waals surface area (Å²) in [5.74, 6) is -0.508. The van der Waals surface area contributed by atoms with Crippen LogP contribution in [0.1, 0.15) is 45.7 Å². The Morgan fingerprint density at radius 3 is 2.32 bits per heavy atom. The van der Waals surface area contributed by atoms with Crippen LogP contribution in [0.15, 0.2) is 23.7 Å². The lowest BCUT2D eigenvalue weighted by Crippen LogP contribution is -2.41. The zero-order chi connectivity index (χ0) is 21.1. The molecule has 0 unspecified atom stereocenters. The zero-order valence-electron chi connectivity index (χ0n) is 17.3. The maximum atomic E-state index is 11.5. The van der Waals surface area contributed by atoms with Crippen molar-refractivity contribution in [1.29, 1.82) is 0 Å². The van der Waals surface area contributed by atoms with Crippen LogP contribution < -0.4 is 10.1 Å². The van der Waals surface area contributed by atoms with Crippen LogP contribution in [0.3, 0.4) is 0 Å². The smallest absolute Gasteiger partial charge is 0.492 e. The van der Waals surface area contributed by atoms with E-state index >= 15 is 0 Å². The van der Waals surface area contributed by atoms with Gasteiger partial charge in [-0.15, -0.1) is 0 Å². The number of carbonyl (C=O) groups excluding carboxylic acids is 1. The number of amides is 1. The number of carbonyl (C=O) groups is 2. The first-order chi connectivity index (χ1) is 12.9. The van der Waals surface area contributed by atoms with Crippen LogP contribution in [-0.2, 0) is 25.3 Å². The number of rotatable bonds is 7. The van der Waals surface area contributed by atoms with E-state index in [1.807, 2.05) is 27.7 Å². The van der Waals surface area contributed by atoms with Gasteiger partial charge in [0.25, 0.3) is 0 Å². The van der Waals surface area contributed by atoms with E-state index in [9.17, 15) is 14.7 Å². The van der Waals surface area contributed by atoms with E-state index in [0.29, 0.717) is 22.3 Å². The van der Waals surface area contributed by atoms with Gasteiger partial charge in [0.1, 0.15) is 5.75 Å². The standard InChI is InChI=1S/C20H28BNO6/c1-13(23)22-12-16(21-27-19(2,3)20(4,5)28-21)9-15-10-17(26-6)8-7-14(15)11-18(24)25/h7-10H,11-12H2,1-6H3,(H,22,23)(H,24,25). The Morgan fingerprint density at radius 1 is 1.21 bits per heavy atom. The molecule has 0 radical (unpaired) electrons. The number of nitrogens with one attached hydrogen (secondary N) is 1. The summed E-state index contributed by atoms with van der Waals surface area (Å²) in [5.41, 5.74) is 0.923. The quantitative estimate of drug-likeness (QED) is 0.696. The molecule has 1 amide bonds. The van der Waals surface area contributed by atoms with E-state index in [1.54, 1.807) is 31.4 Å². The molecule has 2 N–H and O–H groups in total. The van der Waals surface area contributed by atoms with Gasteiger partial charge in [-0.3, -0.25) is 9.59 Å². The predicted molar refractivity (Wildman–Crippen MR) is 107 cm³/mol. The highest BCUT2D eigenvalue weighted by Gasteiger charge is 2.52. The van der Waals surface area contributed by atoms with Crippen LogP contribution in [0.2, 0.25) is 0 Å². The average Bonchev–Trinajstić information content (AvgIpc) is 2.79. The van der Waals surface area contributed by atoms with E-state index in [0.717, 1.165) is 0 Å². The minimum absolute atomic E-state index is 0.132. The molecule has 0 aromatic heterocycles. The third-order valence-corrected chi connectivity index (χ3v) is 5.13. The molecule has 0 aliphatic carbocycles. The largest absolute Gasteiger partial charge is 0.497 e. The number of aliphatic carboxylic acids is 1. The van der Waals surface area contributed by atoms with Gasteiger partial charge in [0.05, 0.1) is 24.7 Å². The maximum absolute atomic E-state index is 11.5. The van der Waals surface area contributed by atoms with Crippen LogP contribution in [0.5, 0.6) is 5.75 Å². The van der Waals surface area contributed by atoms with Crippen molar-refractivity contribution in [2.24, 2.45) is 0 Å². The minimum atomic E-state index is -0.932. The normalized spacial score (nSPS) is 18.1. The second-order valence-corrected chi connectivity index (χ2v) is 7.85. The molecule has 0 spiro atoms. The Labute approximate surface area is 166 Å². The lowest BCUT2D eigenvalue weighted by atomic mass is 9.76. The Balaban J connectivity index is 2.47. The number of hydrogen-bond acceptors (Lipinski definition) is 5. The number of benzene rings is 1. The van der Waals surface area contributed by atoms with E-state index in [2.05, 4.69) is 5.32 Å². The van der Waals surface area contributed by atoms with Gasteiger partial charge in [0, 0.05) is 13.5 Å². The van der Waals surface area contributed by atoms with Crippen LogP contribution in [0.4, 0.5) is 0 Å². The fourth-order valence-electron chi connectivity index (χ4n) is 2.78. The highest BCUT2D eigenvalue weighted by atomic mass is 16.7. The summed E-state index contributed by atoms with van der Waals surface area (Å²) in [6.07, 6.45) is 1.67. The van der Waals surface area contributed by atoms with E-state index in [-0.39, 0.29) is 18.9 Å². The Kier molecular flexibility index (Phi) is 6.57. The van der Waals surface area contributed by atoms with Gasteiger partial charge in [-0.1, -0.05) is 12.1 Å². The summed E-state index contributed by atoms with van der Waals surface area (Å²) in [6.45, 7) is 9.45. The molecule has 0 atom stereocenters. The topological polar surface area (TPSA) is 94.1 Å². The lowest BCUT2D eigenvalue weighted by Gasteiger charge is -2.32. The first-order valence-corrected chi connectivity index (χ1v) is 9.14. The number of ether oxygens (including phenoxy) is 1. The molecule has 28 heavy (non-hydrogen) atoms. The minimum Gasteiger partial charge on any atom is -0.497 e. The highest BCUT2D eigenvalue weighted by molar-refractivity contribution is 6.56. The highest BCUT2D eigenvalue weighted by Crippen LogP contribution is 2.39. The summed E-state index contributed by atoms with van der Waals surface area (Å²) in [4.78, 5) is 22.7. The van der Waals surface area contributed by atoms with E-state index in [1.165, 1.54) is 6.92 Å². The number of carboxylic acid groups (broad SMARTS) is 1. The van der Waals surface area contributed by atoms with E-state index < -0.39 is 24.3 Å². The van der Waals surface area contributed by atoms with Gasteiger partial charge in [0.15, 0.2) is 0 Å². The first-order valence-electron chi connectivity index (χ1n) is 9.14. The molecule has 1 aliphatic rings. The average molecular weight is 389 g/mol. The molecule has 152 valence electrons. The third kappa shape index (κ3) is 5.14. The van der Waals surface area contributed by atoms with Crippen LogP contribution >= 0.6 is 0 Å². The fourth-order valence-corrected chi connectivity index (χ4v) is 2.78. The summed E-state index contributed by atoms with van der Waals surface area (Å²) in [5, 5.41) is 12.0. The second kappa shape index (κ2) is 8.37. The van der Waals surface area contributed by atoms with Crippen molar-refractivity contribution >= 4 is 25.1 Å². The van der Waals surface area contributed by atoms with Crippen molar-refractivity contribution in [3.63, 3.8) is 0 Å². The third-order valence-electron chi connectivity index (χ3n) is 5.13. The summed E-state index contributed by atoms with van der Waals surface area (Å²) in [6, 6.07) is 5.20. The number of hydrogen-bond donors (Lipinski definition) is 2. The van der Waals surface area contributed by atoms with Crippen molar-refractivity contribution in [1.82, 2.24) is 5.32 Å². The van der Waals surface area contributed by atoms with Gasteiger partial charge in [-0.2, -0.15) is 0 Å². The molecular weight excluding hydrogens is 361 g/mol. The van der Waals surface area contributed by atoms with Crippen molar-refractivity contribution in [2.45, 2.75) is 52.2 Å². The van der Waals surface area contributed by atoms with E-state index in [4.69, 9.17) is 14.0 Å². The Hall–Kier alpha value is -2.32. The first kappa shape index (κ1) is 22.0. The molecule has 1 aromatic rings. The van der Waals surface area contributed by atoms with Crippen molar-refractivity contribution < 1.29 is 28.7 Å². The van der Waals surface area contributed by atoms with Gasteiger partial charge in [0.2, 0.25) is 5.91 Å². The maximum Gasteiger partial charge on any atom is 0.492 e. The second-order valence-electron chi connectivity index (χ2n) is 7.85. The molecule has 1 heterocycles. The van der Waals surface area contributed by atoms with Crippen molar-refractivity contribution in [3.8, 4) is 5.75 Å². The monoisotopic (exact) mass is 389 g/mol. The molecule has 0 saturated carbocycles. The number of methoxy groups -OCH3 is 1. The molecule has 7 nitrogen and oxygen atoms in total. The van der Waals surface area contributed by atoms with Gasteiger partial charge in [-0.05, 0) is 56.4 Å². The SMILES string of the molecule is COc1ccc(CC(=O)O)c(C=C(CNC(C)=O)B2OC(C)(C)C(C)(C)O2)c1. The lowest BCUT2D eigenvalue weighted by molar-refractivity contribution is -0.136. The van der Waals surface area contributed by atoms with Crippen molar-refractivity contribution in [3.05, 3.63) is 34.8 Å². The Bertz CT molecular complexity index is 771. The molecule has 1 saturated heterocycles. The van der Waals surface area contributed by atoms with Crippen molar-refractivity contribution in [2.75, 3.05) is 13.7 Å². The fraction of sp³-hybridized carbons (Fsp3) is 0.500. The molecule has 1 aliphatic heterocycles. The molecule has 2 rings (SSSR count). The van der Waals surface area contributed by atoms with Crippen LogP contribution in [-0.4, -0.2) is 49.0 Å². The molecule has 0 bridgehead atoms. The summed E-state index contributed by atoms with van der Waals surface area (Å²) < 4.78 is 17.5. The molecular formula is C20H28BNO6. The number of carboxylic acids is 1. The molecule has 8 heteroatoms. The molecule has 1 fully saturated rings. The van der Waals surface area contributed by atoms with Gasteiger partial charge >= 0.3 is 13.1 Å². The zero-order valence-corrected chi connectivity index (χ0v) is 17.3. The summed E-state index contributed by atoms with van der Waals surface area (Å²) >= 11 is 0. The molecule has 1 aromatic carbocycles.